The highest BCUT2D eigenvalue weighted by Gasteiger charge is 2.20. The van der Waals surface area contributed by atoms with Crippen LogP contribution >= 0.6 is 22.7 Å². The Bertz CT molecular complexity index is 1900. The second-order valence-electron chi connectivity index (χ2n) is 7.87. The van der Waals surface area contributed by atoms with Crippen molar-refractivity contribution < 1.29 is 4.21 Å². The number of fused-ring (bicyclic) bond motifs is 1. The maximum Gasteiger partial charge on any atom is 0.127 e. The number of anilines is 1. The van der Waals surface area contributed by atoms with E-state index in [9.17, 15) is 4.21 Å². The minimum Gasteiger partial charge on any atom is -0.396 e. The number of aromatic nitrogens is 1. The average Bonchev–Trinajstić information content (AvgIpc) is 3.68. The fourth-order valence-corrected chi connectivity index (χ4v) is 6.79. The number of nitrogen functional groups attached to an aromatic ring is 1. The smallest absolute Gasteiger partial charge is 0.127 e. The molecule has 0 spiro atoms. The second kappa shape index (κ2) is 19.2. The van der Waals surface area contributed by atoms with Gasteiger partial charge in [-0.25, -0.2) is 4.98 Å². The number of unbranched alkanes of at least 4 members (excludes halogenated alkanes) is 1. The lowest BCUT2D eigenvalue weighted by molar-refractivity contribution is 0.681. The highest BCUT2D eigenvalue weighted by atomic mass is 32.2. The van der Waals surface area contributed by atoms with E-state index in [1.54, 1.807) is 11.3 Å². The maximum absolute atomic E-state index is 12.8. The van der Waals surface area contributed by atoms with Crippen molar-refractivity contribution in [3.8, 4) is 21.7 Å². The van der Waals surface area contributed by atoms with Crippen molar-refractivity contribution >= 4 is 49.4 Å². The van der Waals surface area contributed by atoms with E-state index in [2.05, 4.69) is 126 Å². The van der Waals surface area contributed by atoms with Gasteiger partial charge in [-0.2, -0.15) is 0 Å². The average molecular weight is 601 g/mol. The van der Waals surface area contributed by atoms with Gasteiger partial charge in [0.25, 0.3) is 0 Å². The molecular weight excluding hydrogens is 573 g/mol. The Labute approximate surface area is 257 Å². The van der Waals surface area contributed by atoms with Crippen LogP contribution in [-0.4, -0.2) is 14.9 Å². The van der Waals surface area contributed by atoms with Crippen molar-refractivity contribution in [2.45, 2.75) is 24.0 Å². The fraction of sp³-hybridized carbons (Fsp3) is 0.111. The molecule has 4 rings (SSSR count). The zero-order valence-corrected chi connectivity index (χ0v) is 25.8. The van der Waals surface area contributed by atoms with Crippen LogP contribution < -0.4 is 5.73 Å². The molecule has 0 saturated carbocycles. The molecule has 1 aromatic carbocycles. The molecule has 6 heteroatoms. The molecule has 0 aliphatic rings. The first-order chi connectivity index (χ1) is 20.5. The summed E-state index contributed by atoms with van der Waals surface area (Å²) in [6, 6.07) is 16.4. The largest absolute Gasteiger partial charge is 0.396 e. The van der Waals surface area contributed by atoms with E-state index in [4.69, 9.17) is 10.7 Å². The second-order valence-corrected chi connectivity index (χ2v) is 11.6. The van der Waals surface area contributed by atoms with E-state index < -0.39 is 10.8 Å². The Morgan fingerprint density at radius 1 is 0.857 bits per heavy atom. The van der Waals surface area contributed by atoms with Crippen LogP contribution in [0.15, 0.2) is 147 Å². The molecular formula is C36H28N2OS3. The molecule has 0 saturated heterocycles. The zero-order valence-electron chi connectivity index (χ0n) is 23.3. The Morgan fingerprint density at radius 2 is 1.45 bits per heavy atom. The molecule has 1 unspecified atom stereocenters. The number of hydrogen-bond donors (Lipinski definition) is 1. The van der Waals surface area contributed by atoms with E-state index in [0.29, 0.717) is 11.4 Å². The molecule has 0 fully saturated rings. The Morgan fingerprint density at radius 3 is 1.98 bits per heavy atom. The lowest BCUT2D eigenvalue weighted by Gasteiger charge is -2.08. The third-order valence-corrected chi connectivity index (χ3v) is 8.97. The molecule has 0 radical (unpaired) electrons. The van der Waals surface area contributed by atoms with E-state index in [1.807, 2.05) is 24.3 Å². The van der Waals surface area contributed by atoms with Gasteiger partial charge in [-0.3, -0.25) is 4.21 Å². The summed E-state index contributed by atoms with van der Waals surface area (Å²) >= 11 is 3.14. The van der Waals surface area contributed by atoms with E-state index in [0.717, 1.165) is 49.0 Å². The summed E-state index contributed by atoms with van der Waals surface area (Å²) in [7, 11) is -1.08. The monoisotopic (exact) mass is 600 g/mol. The first-order valence-electron chi connectivity index (χ1n) is 12.6. The Kier molecular flexibility index (Phi) is 15.2. The Hall–Kier alpha value is -4.96. The first kappa shape index (κ1) is 33.2. The number of thiophene rings is 2. The number of nitrogens with two attached hydrogens (primary N) is 1. The molecule has 3 heterocycles. The van der Waals surface area contributed by atoms with Gasteiger partial charge in [0, 0.05) is 11.1 Å². The third kappa shape index (κ3) is 10.2. The van der Waals surface area contributed by atoms with Crippen LogP contribution in [0.1, 0.15) is 19.8 Å². The summed E-state index contributed by atoms with van der Waals surface area (Å²) in [5, 5.41) is 2.98. The van der Waals surface area contributed by atoms with Crippen molar-refractivity contribution in [3.05, 3.63) is 143 Å². The van der Waals surface area contributed by atoms with Crippen LogP contribution in [0, 0.1) is 0 Å². The maximum atomic E-state index is 12.8. The van der Waals surface area contributed by atoms with Crippen molar-refractivity contribution in [1.82, 2.24) is 4.98 Å². The topological polar surface area (TPSA) is 56.0 Å². The summed E-state index contributed by atoms with van der Waals surface area (Å²) in [5.41, 5.74) is 36.7. The number of benzene rings is 1. The number of hydrogen-bond acceptors (Lipinski definition) is 5. The summed E-state index contributed by atoms with van der Waals surface area (Å²) in [4.78, 5) is 6.84. The van der Waals surface area contributed by atoms with Crippen LogP contribution in [0.4, 0.5) is 5.69 Å². The molecule has 4 aromatic rings. The molecule has 206 valence electrons. The van der Waals surface area contributed by atoms with Gasteiger partial charge in [0.15, 0.2) is 0 Å². The number of rotatable bonds is 6. The molecule has 0 aliphatic carbocycles. The normalized spacial score (nSPS) is 9.26. The number of nitrogens with zero attached hydrogens (tertiary/aromatic N) is 1. The lowest BCUT2D eigenvalue weighted by Crippen LogP contribution is -1.99. The molecule has 0 amide bonds. The van der Waals surface area contributed by atoms with Crippen LogP contribution in [0.3, 0.4) is 0 Å². The van der Waals surface area contributed by atoms with Crippen molar-refractivity contribution in [3.63, 3.8) is 0 Å². The predicted molar refractivity (Wildman–Crippen MR) is 180 cm³/mol. The van der Waals surface area contributed by atoms with E-state index in [1.165, 1.54) is 11.3 Å². The molecule has 1 atom stereocenters. The molecule has 3 aromatic heterocycles. The van der Waals surface area contributed by atoms with Crippen LogP contribution in [0.2, 0.25) is 0 Å². The number of pyridine rings is 1. The molecule has 0 bridgehead atoms. The SMILES string of the molecule is C=C=C=C=C=C=C.C=C=C=C=C=C=C=C.CCCCS(=O)c1sc2nc(-c3cccs3)cc(-c3ccccc3)c2c1N. The van der Waals surface area contributed by atoms with Gasteiger partial charge in [0.1, 0.15) is 9.04 Å². The Balaban J connectivity index is 0.000000341. The summed E-state index contributed by atoms with van der Waals surface area (Å²) in [5.74, 6) is 0.645. The first-order valence-corrected chi connectivity index (χ1v) is 15.6. The summed E-state index contributed by atoms with van der Waals surface area (Å²) in [6.45, 7) is 15.1. The van der Waals surface area contributed by atoms with E-state index in [-0.39, 0.29) is 0 Å². The molecule has 3 nitrogen and oxygen atoms in total. The standard InChI is InChI=1S/C21H20N2OS3.C8H4.C7H4/c1-2-3-12-27(24)21-19(22)18-15(14-8-5-4-6-9-14)13-16(23-20(18)26-21)17-10-7-11-25-17;1-3-5-7-8-6-4-2;1-3-5-7-6-4-2/h4-11,13H,2-3,12,22H2,1H3;1-2H2;1-2H2. The van der Waals surface area contributed by atoms with Gasteiger partial charge in [0.2, 0.25) is 0 Å². The van der Waals surface area contributed by atoms with Gasteiger partial charge in [-0.1, -0.05) is 72.7 Å². The zero-order chi connectivity index (χ0) is 30.6. The summed E-state index contributed by atoms with van der Waals surface area (Å²) < 4.78 is 13.5. The highest BCUT2D eigenvalue weighted by molar-refractivity contribution is 7.87. The van der Waals surface area contributed by atoms with E-state index >= 15 is 0 Å². The quantitative estimate of drug-likeness (QED) is 0.224. The molecule has 2 N–H and O–H groups in total. The van der Waals surface area contributed by atoms with Gasteiger partial charge < -0.3 is 5.73 Å². The lowest BCUT2D eigenvalue weighted by atomic mass is 10.0. The fourth-order valence-electron chi connectivity index (χ4n) is 3.30. The highest BCUT2D eigenvalue weighted by Crippen LogP contribution is 2.43. The van der Waals surface area contributed by atoms with Crippen molar-refractivity contribution in [2.75, 3.05) is 11.5 Å². The van der Waals surface area contributed by atoms with Crippen LogP contribution in [-0.2, 0) is 10.8 Å². The summed E-state index contributed by atoms with van der Waals surface area (Å²) in [6.07, 6.45) is 1.95. The van der Waals surface area contributed by atoms with Gasteiger partial charge in [-0.05, 0) is 101 Å². The third-order valence-electron chi connectivity index (χ3n) is 5.08. The van der Waals surface area contributed by atoms with Crippen molar-refractivity contribution in [1.29, 1.82) is 0 Å². The van der Waals surface area contributed by atoms with Gasteiger partial charge in [-0.15, -0.1) is 22.7 Å². The van der Waals surface area contributed by atoms with Gasteiger partial charge in [0.05, 0.1) is 27.1 Å². The van der Waals surface area contributed by atoms with Gasteiger partial charge >= 0.3 is 0 Å². The van der Waals surface area contributed by atoms with Crippen LogP contribution in [0.25, 0.3) is 31.9 Å². The molecule has 0 aliphatic heterocycles. The van der Waals surface area contributed by atoms with Crippen LogP contribution in [0.5, 0.6) is 0 Å². The minimum atomic E-state index is -1.08. The minimum absolute atomic E-state index is 0.619. The predicted octanol–water partition coefficient (Wildman–Crippen LogP) is 9.49. The van der Waals surface area contributed by atoms with Crippen molar-refractivity contribution in [2.24, 2.45) is 0 Å². The molecule has 42 heavy (non-hydrogen) atoms.